The van der Waals surface area contributed by atoms with E-state index in [1.807, 2.05) is 24.3 Å². The summed E-state index contributed by atoms with van der Waals surface area (Å²) >= 11 is 0. The number of hydrogen-bond acceptors (Lipinski definition) is 4. The summed E-state index contributed by atoms with van der Waals surface area (Å²) in [6.45, 7) is 0.806. The molecule has 0 unspecified atom stereocenters. The Labute approximate surface area is 152 Å². The number of rotatable bonds is 7. The van der Waals surface area contributed by atoms with Gasteiger partial charge in [-0.3, -0.25) is 9.59 Å². The van der Waals surface area contributed by atoms with E-state index < -0.39 is 0 Å². The van der Waals surface area contributed by atoms with Crippen LogP contribution in [-0.4, -0.2) is 46.9 Å². The first kappa shape index (κ1) is 18.2. The molecule has 0 saturated carbocycles. The van der Waals surface area contributed by atoms with Gasteiger partial charge in [0.1, 0.15) is 11.4 Å². The summed E-state index contributed by atoms with van der Waals surface area (Å²) in [4.78, 5) is 29.9. The number of benzene rings is 1. The van der Waals surface area contributed by atoms with Crippen LogP contribution < -0.4 is 4.74 Å². The monoisotopic (exact) mass is 356 g/mol. The second-order valence-electron chi connectivity index (χ2n) is 6.47. The lowest BCUT2D eigenvalue weighted by Gasteiger charge is -2.23. The highest BCUT2D eigenvalue weighted by Gasteiger charge is 2.25. The minimum atomic E-state index is -0.174. The maximum atomic E-state index is 13.0. The van der Waals surface area contributed by atoms with Gasteiger partial charge in [-0.15, -0.1) is 0 Å². The molecule has 0 radical (unpaired) electrons. The minimum Gasteiger partial charge on any atom is -0.496 e. The van der Waals surface area contributed by atoms with Crippen molar-refractivity contribution in [3.05, 3.63) is 52.8 Å². The van der Waals surface area contributed by atoms with Crippen LogP contribution in [0.5, 0.6) is 5.75 Å². The Morgan fingerprint density at radius 2 is 2.12 bits per heavy atom. The van der Waals surface area contributed by atoms with Gasteiger partial charge in [-0.1, -0.05) is 18.2 Å². The molecule has 1 amide bonds. The number of aliphatic hydroxyl groups excluding tert-OH is 1. The number of Topliss-reactive ketones (excluding diaryl/α,β-unsaturated/α-hetero) is 1. The lowest BCUT2D eigenvalue weighted by molar-refractivity contribution is 0.0725. The number of aromatic nitrogens is 1. The summed E-state index contributed by atoms with van der Waals surface area (Å²) in [7, 11) is 1.60. The topological polar surface area (TPSA) is 82.6 Å². The molecule has 2 aromatic rings. The highest BCUT2D eigenvalue weighted by molar-refractivity contribution is 6.02. The fourth-order valence-corrected chi connectivity index (χ4v) is 3.34. The van der Waals surface area contributed by atoms with E-state index in [1.54, 1.807) is 18.1 Å². The number of methoxy groups -OCH3 is 1. The number of aryl methyl sites for hydroxylation is 1. The van der Waals surface area contributed by atoms with Crippen molar-refractivity contribution in [2.75, 3.05) is 20.3 Å². The van der Waals surface area contributed by atoms with Crippen LogP contribution in [0.15, 0.2) is 30.3 Å². The van der Waals surface area contributed by atoms with E-state index in [4.69, 9.17) is 4.74 Å². The van der Waals surface area contributed by atoms with Crippen molar-refractivity contribution in [3.8, 4) is 5.75 Å². The van der Waals surface area contributed by atoms with Gasteiger partial charge in [0.05, 0.1) is 7.11 Å². The molecule has 0 spiro atoms. The largest absolute Gasteiger partial charge is 0.496 e. The quantitative estimate of drug-likeness (QED) is 0.799. The lowest BCUT2D eigenvalue weighted by Crippen LogP contribution is -2.32. The number of H-pyrrole nitrogens is 1. The second-order valence-corrected chi connectivity index (χ2v) is 6.47. The van der Waals surface area contributed by atoms with Gasteiger partial charge in [0, 0.05) is 42.9 Å². The zero-order valence-corrected chi connectivity index (χ0v) is 15.0. The molecule has 0 atom stereocenters. The van der Waals surface area contributed by atoms with E-state index in [0.29, 0.717) is 37.2 Å². The number of ketones is 1. The first-order valence-electron chi connectivity index (χ1n) is 8.91. The highest BCUT2D eigenvalue weighted by Crippen LogP contribution is 2.24. The molecule has 1 aromatic carbocycles. The second kappa shape index (κ2) is 8.19. The highest BCUT2D eigenvalue weighted by atomic mass is 16.5. The molecule has 6 heteroatoms. The minimum absolute atomic E-state index is 0.00934. The maximum Gasteiger partial charge on any atom is 0.270 e. The smallest absolute Gasteiger partial charge is 0.270 e. The van der Waals surface area contributed by atoms with Crippen molar-refractivity contribution >= 4 is 11.7 Å². The van der Waals surface area contributed by atoms with Crippen LogP contribution in [0.25, 0.3) is 0 Å². The van der Waals surface area contributed by atoms with Crippen molar-refractivity contribution in [2.24, 2.45) is 0 Å². The van der Waals surface area contributed by atoms with E-state index in [-0.39, 0.29) is 18.3 Å². The number of ether oxygens (including phenoxy) is 1. The third-order valence-electron chi connectivity index (χ3n) is 4.69. The number of nitrogens with zero attached hydrogens (tertiary/aromatic N) is 1. The number of hydrogen-bond donors (Lipinski definition) is 2. The first-order chi connectivity index (χ1) is 12.6. The fourth-order valence-electron chi connectivity index (χ4n) is 3.34. The number of amides is 1. The van der Waals surface area contributed by atoms with E-state index in [2.05, 4.69) is 4.98 Å². The Bertz CT molecular complexity index is 797. The van der Waals surface area contributed by atoms with Crippen LogP contribution in [0, 0.1) is 0 Å². The Morgan fingerprint density at radius 1 is 1.31 bits per heavy atom. The molecule has 1 aromatic heterocycles. The fraction of sp³-hybridized carbons (Fsp3) is 0.400. The molecule has 3 rings (SSSR count). The predicted molar refractivity (Wildman–Crippen MR) is 97.5 cm³/mol. The maximum absolute atomic E-state index is 13.0. The van der Waals surface area contributed by atoms with Gasteiger partial charge in [-0.2, -0.15) is 0 Å². The van der Waals surface area contributed by atoms with Gasteiger partial charge in [0.15, 0.2) is 5.78 Å². The Kier molecular flexibility index (Phi) is 5.73. The molecule has 0 aliphatic heterocycles. The van der Waals surface area contributed by atoms with E-state index in [9.17, 15) is 14.7 Å². The molecular weight excluding hydrogens is 332 g/mol. The summed E-state index contributed by atoms with van der Waals surface area (Å²) in [5.74, 6) is 0.634. The van der Waals surface area contributed by atoms with Gasteiger partial charge >= 0.3 is 0 Å². The van der Waals surface area contributed by atoms with Crippen molar-refractivity contribution in [2.45, 2.75) is 32.2 Å². The van der Waals surface area contributed by atoms with Crippen molar-refractivity contribution < 1.29 is 19.4 Å². The van der Waals surface area contributed by atoms with Gasteiger partial charge in [-0.25, -0.2) is 0 Å². The molecule has 0 bridgehead atoms. The van der Waals surface area contributed by atoms with Gasteiger partial charge in [0.2, 0.25) is 0 Å². The van der Waals surface area contributed by atoms with Crippen LogP contribution in [0.1, 0.15) is 51.4 Å². The molecule has 1 aliphatic carbocycles. The molecule has 26 heavy (non-hydrogen) atoms. The van der Waals surface area contributed by atoms with Crippen LogP contribution in [0.2, 0.25) is 0 Å². The van der Waals surface area contributed by atoms with Crippen LogP contribution in [0.4, 0.5) is 0 Å². The van der Waals surface area contributed by atoms with E-state index >= 15 is 0 Å². The molecule has 2 N–H and O–H groups in total. The number of para-hydroxylation sites is 1. The van der Waals surface area contributed by atoms with Crippen molar-refractivity contribution in [3.63, 3.8) is 0 Å². The summed E-state index contributed by atoms with van der Waals surface area (Å²) in [5, 5.41) is 9.19. The number of aliphatic hydroxyl groups is 1. The summed E-state index contributed by atoms with van der Waals surface area (Å²) < 4.78 is 5.38. The SMILES string of the molecule is COc1ccccc1CN(CCCO)C(=O)c1cc2c([nH]1)CCCC2=O. The molecule has 138 valence electrons. The number of nitrogens with one attached hydrogen (secondary N) is 1. The number of carbonyl (C=O) groups excluding carboxylic acids is 2. The predicted octanol–water partition coefficient (Wildman–Crippen LogP) is 2.57. The average Bonchev–Trinajstić information content (AvgIpc) is 3.10. The lowest BCUT2D eigenvalue weighted by atomic mass is 9.97. The Hall–Kier alpha value is -2.60. The van der Waals surface area contributed by atoms with E-state index in [1.165, 1.54) is 0 Å². The molecular formula is C20H24N2O4. The molecule has 1 aliphatic rings. The summed E-state index contributed by atoms with van der Waals surface area (Å²) in [5.41, 5.74) is 2.81. The normalized spacial score (nSPS) is 13.4. The van der Waals surface area contributed by atoms with Gasteiger partial charge < -0.3 is 19.7 Å². The third kappa shape index (κ3) is 3.80. The van der Waals surface area contributed by atoms with Crippen LogP contribution >= 0.6 is 0 Å². The first-order valence-corrected chi connectivity index (χ1v) is 8.91. The number of carbonyl (C=O) groups is 2. The Morgan fingerprint density at radius 3 is 2.85 bits per heavy atom. The van der Waals surface area contributed by atoms with Gasteiger partial charge in [0.25, 0.3) is 5.91 Å². The molecule has 0 saturated heterocycles. The summed E-state index contributed by atoms with van der Waals surface area (Å²) in [6, 6.07) is 9.23. The molecule has 0 fully saturated rings. The number of fused-ring (bicyclic) bond motifs is 1. The van der Waals surface area contributed by atoms with Crippen molar-refractivity contribution in [1.29, 1.82) is 0 Å². The van der Waals surface area contributed by atoms with Crippen LogP contribution in [0.3, 0.4) is 0 Å². The standard InChI is InChI=1S/C20H24N2O4/c1-26-19-9-3-2-6-14(19)13-22(10-5-11-23)20(25)17-12-15-16(21-17)7-4-8-18(15)24/h2-3,6,9,12,21,23H,4-5,7-8,10-11,13H2,1H3. The number of aromatic amines is 1. The average molecular weight is 356 g/mol. The zero-order chi connectivity index (χ0) is 18.5. The van der Waals surface area contributed by atoms with Gasteiger partial charge in [-0.05, 0) is 31.4 Å². The summed E-state index contributed by atoms with van der Waals surface area (Å²) in [6.07, 6.45) is 2.63. The molecule has 1 heterocycles. The molecule has 6 nitrogen and oxygen atoms in total. The van der Waals surface area contributed by atoms with E-state index in [0.717, 1.165) is 29.8 Å². The van der Waals surface area contributed by atoms with Crippen LogP contribution in [-0.2, 0) is 13.0 Å². The third-order valence-corrected chi connectivity index (χ3v) is 4.69. The zero-order valence-electron chi connectivity index (χ0n) is 15.0. The van der Waals surface area contributed by atoms with Crippen molar-refractivity contribution in [1.82, 2.24) is 9.88 Å². The Balaban J connectivity index is 1.85.